The SMILES string of the molecule is N#CC1=C(c2ccc(Br)cc2)Nc2c(n(Cc3ccccc3Cl)c(=O)[nH]c2=O)N=C1N. The molecule has 0 amide bonds. The van der Waals surface area contributed by atoms with Gasteiger partial charge in [-0.05, 0) is 29.3 Å². The molecule has 1 aromatic heterocycles. The number of nitrogens with one attached hydrogen (secondary N) is 2. The lowest BCUT2D eigenvalue weighted by Gasteiger charge is -2.15. The minimum atomic E-state index is -0.680. The number of aliphatic imine (C=N–C) groups is 1. The summed E-state index contributed by atoms with van der Waals surface area (Å²) < 4.78 is 2.09. The molecule has 4 N–H and O–H groups in total. The van der Waals surface area contributed by atoms with Gasteiger partial charge in [0.05, 0.1) is 12.2 Å². The fourth-order valence-electron chi connectivity index (χ4n) is 3.16. The van der Waals surface area contributed by atoms with Gasteiger partial charge in [-0.25, -0.2) is 9.79 Å². The highest BCUT2D eigenvalue weighted by atomic mass is 79.9. The molecular weight excluding hydrogens is 484 g/mol. The molecule has 0 saturated heterocycles. The Bertz CT molecular complexity index is 1410. The summed E-state index contributed by atoms with van der Waals surface area (Å²) in [6.07, 6.45) is 0. The van der Waals surface area contributed by atoms with Gasteiger partial charge >= 0.3 is 5.69 Å². The van der Waals surface area contributed by atoms with Crippen molar-refractivity contribution in [3.05, 3.63) is 95.6 Å². The van der Waals surface area contributed by atoms with Crippen LogP contribution in [0.15, 0.2) is 73.2 Å². The molecule has 0 aliphatic carbocycles. The van der Waals surface area contributed by atoms with Crippen molar-refractivity contribution in [1.82, 2.24) is 9.55 Å². The van der Waals surface area contributed by atoms with E-state index in [1.54, 1.807) is 48.5 Å². The molecule has 1 aliphatic rings. The van der Waals surface area contributed by atoms with E-state index in [4.69, 9.17) is 17.3 Å². The number of H-pyrrole nitrogens is 1. The number of halogens is 2. The van der Waals surface area contributed by atoms with Gasteiger partial charge in [-0.3, -0.25) is 14.3 Å². The lowest BCUT2D eigenvalue weighted by atomic mass is 10.1. The van der Waals surface area contributed by atoms with Gasteiger partial charge in [0.25, 0.3) is 5.56 Å². The summed E-state index contributed by atoms with van der Waals surface area (Å²) in [4.78, 5) is 31.9. The lowest BCUT2D eigenvalue weighted by molar-refractivity contribution is 0.727. The Morgan fingerprint density at radius 3 is 2.55 bits per heavy atom. The van der Waals surface area contributed by atoms with Crippen molar-refractivity contribution in [3.63, 3.8) is 0 Å². The standard InChI is InChI=1S/C21H14BrClN6O2/c22-13-7-5-11(6-8-13)16-14(9-24)18(25)27-19-17(26-16)20(30)28-21(31)29(19)10-12-3-1-2-4-15(12)23/h1-8,26H,10H2,(H2,25,27)(H,28,30,31). The average Bonchev–Trinajstić information content (AvgIpc) is 2.89. The van der Waals surface area contributed by atoms with Crippen molar-refractivity contribution < 1.29 is 0 Å². The van der Waals surface area contributed by atoms with Crippen LogP contribution in [0.3, 0.4) is 0 Å². The van der Waals surface area contributed by atoms with Crippen molar-refractivity contribution in [2.24, 2.45) is 10.7 Å². The van der Waals surface area contributed by atoms with E-state index >= 15 is 0 Å². The highest BCUT2D eigenvalue weighted by Crippen LogP contribution is 2.31. The number of nitriles is 1. The Hall–Kier alpha value is -3.61. The van der Waals surface area contributed by atoms with E-state index in [1.165, 1.54) is 4.57 Å². The van der Waals surface area contributed by atoms with E-state index in [0.29, 0.717) is 21.8 Å². The Labute approximate surface area is 189 Å². The summed E-state index contributed by atoms with van der Waals surface area (Å²) in [6.45, 7) is 0.0472. The third kappa shape index (κ3) is 3.91. The van der Waals surface area contributed by atoms with Gasteiger partial charge in [-0.1, -0.05) is 57.9 Å². The molecule has 0 spiro atoms. The van der Waals surface area contributed by atoms with Crippen LogP contribution in [0.5, 0.6) is 0 Å². The zero-order chi connectivity index (χ0) is 22.1. The fourth-order valence-corrected chi connectivity index (χ4v) is 3.62. The molecule has 1 aliphatic heterocycles. The number of hydrogen-bond acceptors (Lipinski definition) is 6. The second-order valence-corrected chi connectivity index (χ2v) is 7.95. The van der Waals surface area contributed by atoms with Gasteiger partial charge in [0.2, 0.25) is 0 Å². The number of nitrogens with two attached hydrogens (primary N) is 1. The zero-order valence-corrected chi connectivity index (χ0v) is 18.2. The zero-order valence-electron chi connectivity index (χ0n) is 15.8. The predicted molar refractivity (Wildman–Crippen MR) is 123 cm³/mol. The Kier molecular flexibility index (Phi) is 5.50. The largest absolute Gasteiger partial charge is 0.382 e. The Morgan fingerprint density at radius 2 is 1.87 bits per heavy atom. The van der Waals surface area contributed by atoms with E-state index in [9.17, 15) is 14.9 Å². The van der Waals surface area contributed by atoms with Crippen LogP contribution in [-0.4, -0.2) is 15.4 Å². The molecular formula is C21H14BrClN6O2. The molecule has 0 atom stereocenters. The molecule has 2 aromatic carbocycles. The van der Waals surface area contributed by atoms with Crippen LogP contribution in [0.4, 0.5) is 11.5 Å². The first-order valence-electron chi connectivity index (χ1n) is 9.01. The van der Waals surface area contributed by atoms with Crippen molar-refractivity contribution in [2.45, 2.75) is 6.54 Å². The summed E-state index contributed by atoms with van der Waals surface area (Å²) in [5.74, 6) is -0.115. The topological polar surface area (TPSA) is 129 Å². The van der Waals surface area contributed by atoms with Crippen molar-refractivity contribution in [2.75, 3.05) is 5.32 Å². The number of amidine groups is 1. The van der Waals surface area contributed by atoms with Crippen LogP contribution in [0.25, 0.3) is 5.70 Å². The van der Waals surface area contributed by atoms with Gasteiger partial charge in [0.15, 0.2) is 5.82 Å². The normalized spacial score (nSPS) is 13.0. The lowest BCUT2D eigenvalue weighted by Crippen LogP contribution is -2.32. The first-order valence-corrected chi connectivity index (χ1v) is 10.2. The molecule has 0 saturated carbocycles. The van der Waals surface area contributed by atoms with Gasteiger partial charge in [-0.15, -0.1) is 0 Å². The number of nitrogens with zero attached hydrogens (tertiary/aromatic N) is 3. The first-order chi connectivity index (χ1) is 14.9. The highest BCUT2D eigenvalue weighted by molar-refractivity contribution is 9.10. The summed E-state index contributed by atoms with van der Waals surface area (Å²) in [5.41, 5.74) is 6.40. The molecule has 4 rings (SSSR count). The number of aromatic amines is 1. The van der Waals surface area contributed by atoms with Crippen LogP contribution in [0, 0.1) is 11.3 Å². The van der Waals surface area contributed by atoms with E-state index in [1.807, 2.05) is 6.07 Å². The molecule has 8 nitrogen and oxygen atoms in total. The average molecular weight is 498 g/mol. The Balaban J connectivity index is 1.93. The molecule has 31 heavy (non-hydrogen) atoms. The highest BCUT2D eigenvalue weighted by Gasteiger charge is 2.24. The maximum Gasteiger partial charge on any atom is 0.330 e. The predicted octanol–water partition coefficient (Wildman–Crippen LogP) is 3.35. The van der Waals surface area contributed by atoms with E-state index in [0.717, 1.165) is 4.47 Å². The van der Waals surface area contributed by atoms with Crippen molar-refractivity contribution >= 4 is 50.6 Å². The molecule has 10 heteroatoms. The van der Waals surface area contributed by atoms with Crippen LogP contribution in [-0.2, 0) is 6.54 Å². The van der Waals surface area contributed by atoms with Gasteiger partial charge < -0.3 is 11.1 Å². The minimum absolute atomic E-state index is 0.00206. The molecule has 154 valence electrons. The number of aromatic nitrogens is 2. The molecule has 0 bridgehead atoms. The summed E-state index contributed by atoms with van der Waals surface area (Å²) in [7, 11) is 0. The van der Waals surface area contributed by atoms with Gasteiger partial charge in [-0.2, -0.15) is 5.26 Å². The minimum Gasteiger partial charge on any atom is -0.382 e. The van der Waals surface area contributed by atoms with E-state index in [2.05, 4.69) is 31.2 Å². The van der Waals surface area contributed by atoms with Crippen LogP contribution in [0.2, 0.25) is 5.02 Å². The number of fused-ring (bicyclic) bond motifs is 1. The Morgan fingerprint density at radius 1 is 1.16 bits per heavy atom. The summed E-state index contributed by atoms with van der Waals surface area (Å²) in [5, 5.41) is 13.2. The quantitative estimate of drug-likeness (QED) is 0.511. The third-order valence-electron chi connectivity index (χ3n) is 4.69. The van der Waals surface area contributed by atoms with E-state index in [-0.39, 0.29) is 29.5 Å². The monoisotopic (exact) mass is 496 g/mol. The number of hydrogen-bond donors (Lipinski definition) is 3. The van der Waals surface area contributed by atoms with Gasteiger partial charge in [0, 0.05) is 9.50 Å². The third-order valence-corrected chi connectivity index (χ3v) is 5.58. The summed E-state index contributed by atoms with van der Waals surface area (Å²) >= 11 is 9.61. The van der Waals surface area contributed by atoms with E-state index < -0.39 is 11.2 Å². The van der Waals surface area contributed by atoms with Crippen molar-refractivity contribution in [1.29, 1.82) is 5.26 Å². The smallest absolute Gasteiger partial charge is 0.330 e. The molecule has 0 unspecified atom stereocenters. The molecule has 3 aromatic rings. The molecule has 2 heterocycles. The van der Waals surface area contributed by atoms with Crippen molar-refractivity contribution in [3.8, 4) is 6.07 Å². The molecule has 0 radical (unpaired) electrons. The second kappa shape index (κ2) is 8.26. The fraction of sp³-hybridized carbons (Fsp3) is 0.0476. The first kappa shape index (κ1) is 20.7. The van der Waals surface area contributed by atoms with Crippen LogP contribution in [0.1, 0.15) is 11.1 Å². The number of benzene rings is 2. The summed E-state index contributed by atoms with van der Waals surface area (Å²) in [6, 6.07) is 16.2. The van der Waals surface area contributed by atoms with Crippen LogP contribution >= 0.6 is 27.5 Å². The number of anilines is 1. The maximum absolute atomic E-state index is 12.7. The molecule has 0 fully saturated rings. The van der Waals surface area contributed by atoms with Crippen LogP contribution < -0.4 is 22.3 Å². The van der Waals surface area contributed by atoms with Gasteiger partial charge in [0.1, 0.15) is 23.2 Å². The second-order valence-electron chi connectivity index (χ2n) is 6.63. The maximum atomic E-state index is 12.7. The number of rotatable bonds is 3.